The normalized spacial score (nSPS) is 23.3. The molecule has 8 heteroatoms. The number of benzene rings is 2. The van der Waals surface area contributed by atoms with Gasteiger partial charge in [0.25, 0.3) is 0 Å². The Hall–Kier alpha value is -2.84. The molecule has 7 nitrogen and oxygen atoms in total. The van der Waals surface area contributed by atoms with Crippen LogP contribution in [0, 0.1) is 0 Å². The number of nitrogens with zero attached hydrogens (tertiary/aromatic N) is 2. The molecule has 0 bridgehead atoms. The fraction of sp³-hybridized carbons (Fsp3) is 0.462. The van der Waals surface area contributed by atoms with Gasteiger partial charge < -0.3 is 25.2 Å². The third-order valence-electron chi connectivity index (χ3n) is 7.60. The highest BCUT2D eigenvalue weighted by atomic mass is 16.5. The van der Waals surface area contributed by atoms with E-state index in [-0.39, 0.29) is 23.5 Å². The minimum atomic E-state index is -0.588. The molecule has 2 aromatic rings. The number of anilines is 2. The number of ether oxygens (including phenoxy) is 1. The van der Waals surface area contributed by atoms with Crippen molar-refractivity contribution in [2.45, 2.75) is 43.2 Å². The zero-order valence-corrected chi connectivity index (χ0v) is 20.3. The van der Waals surface area contributed by atoms with Gasteiger partial charge >= 0.3 is 6.03 Å². The molecular formula is C26H33BN4O3. The van der Waals surface area contributed by atoms with Crippen LogP contribution in [0.15, 0.2) is 42.5 Å². The maximum absolute atomic E-state index is 13.4. The number of hydrogen-bond donors (Lipinski definition) is 2. The molecule has 2 aromatic carbocycles. The number of carbonyl (C=O) groups excluding carboxylic acids is 2. The summed E-state index contributed by atoms with van der Waals surface area (Å²) in [6.45, 7) is 2.51. The van der Waals surface area contributed by atoms with Crippen LogP contribution in [0.4, 0.5) is 16.2 Å². The fourth-order valence-electron chi connectivity index (χ4n) is 5.44. The van der Waals surface area contributed by atoms with Crippen molar-refractivity contribution in [3.8, 4) is 0 Å². The molecule has 2 atom stereocenters. The second kappa shape index (κ2) is 9.08. The molecule has 34 heavy (non-hydrogen) atoms. The van der Waals surface area contributed by atoms with Crippen LogP contribution in [0.3, 0.4) is 0 Å². The Balaban J connectivity index is 1.32. The molecule has 2 N–H and O–H groups in total. The van der Waals surface area contributed by atoms with Gasteiger partial charge in [-0.25, -0.2) is 4.79 Å². The summed E-state index contributed by atoms with van der Waals surface area (Å²) >= 11 is 0. The van der Waals surface area contributed by atoms with Gasteiger partial charge in [0.1, 0.15) is 13.9 Å². The van der Waals surface area contributed by atoms with E-state index in [1.54, 1.807) is 12.0 Å². The molecule has 1 spiro atoms. The molecule has 1 saturated carbocycles. The lowest BCUT2D eigenvalue weighted by Crippen LogP contribution is -2.45. The molecule has 3 amide bonds. The molecule has 1 saturated heterocycles. The Labute approximate surface area is 202 Å². The number of likely N-dealkylation sites (tertiary alicyclic amines) is 1. The van der Waals surface area contributed by atoms with Crippen LogP contribution >= 0.6 is 0 Å². The van der Waals surface area contributed by atoms with Gasteiger partial charge in [-0.15, -0.1) is 0 Å². The minimum absolute atomic E-state index is 0.170. The van der Waals surface area contributed by atoms with Gasteiger partial charge in [0.15, 0.2) is 0 Å². The molecular weight excluding hydrogens is 427 g/mol. The van der Waals surface area contributed by atoms with Crippen molar-refractivity contribution >= 4 is 36.6 Å². The highest BCUT2D eigenvalue weighted by Crippen LogP contribution is 2.51. The van der Waals surface area contributed by atoms with Gasteiger partial charge in [-0.3, -0.25) is 4.79 Å². The zero-order chi connectivity index (χ0) is 23.9. The number of methoxy groups -OCH3 is 1. The van der Waals surface area contributed by atoms with Gasteiger partial charge in [0.05, 0.1) is 6.10 Å². The Bertz CT molecular complexity index is 1090. The topological polar surface area (TPSA) is 73.9 Å². The van der Waals surface area contributed by atoms with E-state index >= 15 is 0 Å². The zero-order valence-electron chi connectivity index (χ0n) is 20.3. The molecule has 2 fully saturated rings. The first-order chi connectivity index (χ1) is 16.4. The monoisotopic (exact) mass is 460 g/mol. The smallest absolute Gasteiger partial charge is 0.322 e. The van der Waals surface area contributed by atoms with E-state index in [2.05, 4.69) is 34.7 Å². The number of carbonyl (C=O) groups is 2. The lowest BCUT2D eigenvalue weighted by Gasteiger charge is -2.25. The average molecular weight is 460 g/mol. The van der Waals surface area contributed by atoms with Gasteiger partial charge in [-0.2, -0.15) is 0 Å². The molecule has 2 aliphatic heterocycles. The number of nitrogens with one attached hydrogen (secondary N) is 2. The van der Waals surface area contributed by atoms with Crippen molar-refractivity contribution in [1.29, 1.82) is 0 Å². The Morgan fingerprint density at radius 3 is 2.53 bits per heavy atom. The van der Waals surface area contributed by atoms with E-state index < -0.39 is 6.04 Å². The second-order valence-electron chi connectivity index (χ2n) is 10.2. The van der Waals surface area contributed by atoms with E-state index in [9.17, 15) is 9.59 Å². The van der Waals surface area contributed by atoms with Crippen LogP contribution in [-0.2, 0) is 21.4 Å². The number of fused-ring (bicyclic) bond motifs is 2. The second-order valence-corrected chi connectivity index (χ2v) is 10.2. The van der Waals surface area contributed by atoms with Crippen molar-refractivity contribution in [2.24, 2.45) is 0 Å². The van der Waals surface area contributed by atoms with Crippen molar-refractivity contribution < 1.29 is 14.3 Å². The maximum atomic E-state index is 13.4. The number of rotatable bonds is 4. The summed E-state index contributed by atoms with van der Waals surface area (Å²) in [5, 5.41) is 6.02. The van der Waals surface area contributed by atoms with Crippen molar-refractivity contribution in [2.75, 3.05) is 44.4 Å². The van der Waals surface area contributed by atoms with Crippen LogP contribution < -0.4 is 16.1 Å². The van der Waals surface area contributed by atoms with Crippen molar-refractivity contribution in [3.63, 3.8) is 0 Å². The predicted octanol–water partition coefficient (Wildman–Crippen LogP) is 1.72. The van der Waals surface area contributed by atoms with Crippen LogP contribution in [0.25, 0.3) is 0 Å². The summed E-state index contributed by atoms with van der Waals surface area (Å²) in [6.07, 6.45) is 3.74. The summed E-state index contributed by atoms with van der Waals surface area (Å²) < 4.78 is 5.52. The molecule has 0 radical (unpaired) electrons. The van der Waals surface area contributed by atoms with Gasteiger partial charge in [0.2, 0.25) is 5.91 Å². The molecule has 0 aromatic heterocycles. The van der Waals surface area contributed by atoms with E-state index in [1.165, 1.54) is 24.0 Å². The Morgan fingerprint density at radius 2 is 1.82 bits per heavy atom. The van der Waals surface area contributed by atoms with E-state index in [1.807, 2.05) is 38.2 Å². The largest absolute Gasteiger partial charge is 0.380 e. The summed E-state index contributed by atoms with van der Waals surface area (Å²) in [5.41, 5.74) is 5.64. The van der Waals surface area contributed by atoms with Gasteiger partial charge in [0, 0.05) is 50.0 Å². The van der Waals surface area contributed by atoms with Gasteiger partial charge in [-0.05, 0) is 61.7 Å². The van der Waals surface area contributed by atoms with E-state index in [0.29, 0.717) is 18.7 Å². The van der Waals surface area contributed by atoms with Crippen molar-refractivity contribution in [3.05, 3.63) is 53.6 Å². The number of likely N-dealkylation sites (N-methyl/N-ethyl adjacent to an activating group) is 1. The van der Waals surface area contributed by atoms with Gasteiger partial charge in [-0.1, -0.05) is 23.7 Å². The maximum Gasteiger partial charge on any atom is 0.322 e. The van der Waals surface area contributed by atoms with E-state index in [0.717, 1.165) is 30.7 Å². The first-order valence-corrected chi connectivity index (χ1v) is 12.2. The summed E-state index contributed by atoms with van der Waals surface area (Å²) in [5.74, 6) is -0.172. The quantitative estimate of drug-likeness (QED) is 0.682. The molecule has 178 valence electrons. The first-order valence-electron chi connectivity index (χ1n) is 12.2. The highest BCUT2D eigenvalue weighted by Gasteiger charge is 2.47. The summed E-state index contributed by atoms with van der Waals surface area (Å²) in [7, 11) is 5.82. The molecule has 2 unspecified atom stereocenters. The lowest BCUT2D eigenvalue weighted by molar-refractivity contribution is -0.119. The highest BCUT2D eigenvalue weighted by molar-refractivity contribution is 6.32. The average Bonchev–Trinajstić information content (AvgIpc) is 3.49. The van der Waals surface area contributed by atoms with Crippen LogP contribution in [-0.4, -0.2) is 75.5 Å². The third-order valence-corrected chi connectivity index (χ3v) is 7.60. The van der Waals surface area contributed by atoms with Crippen LogP contribution in [0.2, 0.25) is 0 Å². The predicted molar refractivity (Wildman–Crippen MR) is 137 cm³/mol. The molecule has 1 aliphatic carbocycles. The number of urea groups is 1. The minimum Gasteiger partial charge on any atom is -0.380 e. The SMILES string of the molecule is Bc1ccc(NC(=O)N2CC(OC)CC2C(=O)Nc2ccc3c(c2)C2(CC2)CN(C)CC3)cc1. The summed E-state index contributed by atoms with van der Waals surface area (Å²) in [4.78, 5) is 30.4. The first kappa shape index (κ1) is 22.9. The third kappa shape index (κ3) is 4.57. The Kier molecular flexibility index (Phi) is 6.12. The molecule has 2 heterocycles. The molecule has 5 rings (SSSR count). The van der Waals surface area contributed by atoms with Crippen molar-refractivity contribution in [1.82, 2.24) is 9.80 Å². The van der Waals surface area contributed by atoms with Crippen LogP contribution in [0.5, 0.6) is 0 Å². The molecule has 3 aliphatic rings. The summed E-state index contributed by atoms with van der Waals surface area (Å²) in [6, 6.07) is 13.1. The van der Waals surface area contributed by atoms with E-state index in [4.69, 9.17) is 4.74 Å². The number of hydrogen-bond acceptors (Lipinski definition) is 4. The lowest BCUT2D eigenvalue weighted by atomic mass is 9.90. The fourth-order valence-corrected chi connectivity index (χ4v) is 5.44. The number of amides is 3. The Morgan fingerprint density at radius 1 is 1.09 bits per heavy atom. The standard InChI is InChI=1S/C26H33BN4O3/c1-30-12-9-17-3-6-20(13-22(17)26(16-30)10-11-26)28-24(32)23-14-21(34-2)15-31(23)25(33)29-19-7-4-18(27)5-8-19/h3-8,13,21,23H,9-12,14-16,27H2,1-2H3,(H,28,32)(H,29,33). The van der Waals surface area contributed by atoms with Crippen LogP contribution in [0.1, 0.15) is 30.4 Å².